The SMILES string of the molecule is C[C@@H](C(=O)NC(C(=O)N1CCCC1C(=O)N[C@H]1c2ccccc2C[C@H]1OCCOCCOCCOCCOCCOc1ccc(C(=O)N[C@H]2C(C)(C)[C@H](Oc3ccc(C#N)c(Cl)c3)C2(C)C)cc1)C(C)(C)C)N(C)C(=O)OC(C)(C)C. The largest absolute Gasteiger partial charge is 0.491 e. The molecule has 3 aliphatic rings. The highest BCUT2D eigenvalue weighted by Gasteiger charge is 2.64. The van der Waals surface area contributed by atoms with Gasteiger partial charge in [-0.15, -0.1) is 0 Å². The van der Waals surface area contributed by atoms with Gasteiger partial charge in [-0.3, -0.25) is 24.1 Å². The van der Waals surface area contributed by atoms with Gasteiger partial charge in [0.1, 0.15) is 54.0 Å². The molecule has 0 spiro atoms. The summed E-state index contributed by atoms with van der Waals surface area (Å²) in [4.78, 5) is 70.8. The Balaban J connectivity index is 0.818. The van der Waals surface area contributed by atoms with E-state index < -0.39 is 47.2 Å². The summed E-state index contributed by atoms with van der Waals surface area (Å²) < 4.78 is 46.7. The van der Waals surface area contributed by atoms with E-state index in [-0.39, 0.29) is 46.8 Å². The first kappa shape index (κ1) is 64.2. The van der Waals surface area contributed by atoms with Crippen LogP contribution in [0.15, 0.2) is 66.7 Å². The number of nitrogens with one attached hydrogen (secondary N) is 3. The van der Waals surface area contributed by atoms with Crippen molar-refractivity contribution in [3.63, 3.8) is 0 Å². The third-order valence-corrected chi connectivity index (χ3v) is 15.4. The van der Waals surface area contributed by atoms with E-state index in [1.807, 2.05) is 45.0 Å². The van der Waals surface area contributed by atoms with Gasteiger partial charge in [0.2, 0.25) is 17.7 Å². The van der Waals surface area contributed by atoms with Crippen molar-refractivity contribution in [1.82, 2.24) is 25.8 Å². The number of ether oxygens (including phenoxy) is 8. The second-order valence-electron chi connectivity index (χ2n) is 24.2. The molecule has 0 radical (unpaired) electrons. The number of carbonyl (C=O) groups excluding carboxylic acids is 5. The summed E-state index contributed by atoms with van der Waals surface area (Å²) in [6.07, 6.45) is 0.474. The first-order chi connectivity index (χ1) is 38.2. The van der Waals surface area contributed by atoms with Crippen molar-refractivity contribution in [1.29, 1.82) is 5.26 Å². The van der Waals surface area contributed by atoms with Crippen molar-refractivity contribution >= 4 is 41.3 Å². The molecular weight excluding hydrogens is 1060 g/mol. The first-order valence-electron chi connectivity index (χ1n) is 28.0. The van der Waals surface area contributed by atoms with Gasteiger partial charge < -0.3 is 58.7 Å². The van der Waals surface area contributed by atoms with Crippen LogP contribution >= 0.6 is 11.6 Å². The maximum Gasteiger partial charge on any atom is 0.410 e. The molecule has 3 aromatic rings. The van der Waals surface area contributed by atoms with E-state index in [1.54, 1.807) is 75.1 Å². The summed E-state index contributed by atoms with van der Waals surface area (Å²) >= 11 is 6.24. The monoisotopic (exact) mass is 1140 g/mol. The van der Waals surface area contributed by atoms with Gasteiger partial charge in [0.05, 0.1) is 82.2 Å². The summed E-state index contributed by atoms with van der Waals surface area (Å²) in [5.74, 6) is -0.157. The van der Waals surface area contributed by atoms with Crippen LogP contribution in [0.4, 0.5) is 4.79 Å². The summed E-state index contributed by atoms with van der Waals surface area (Å²) in [6.45, 7) is 24.6. The molecular formula is C61H85ClN6O13. The second kappa shape index (κ2) is 28.3. The lowest BCUT2D eigenvalue weighted by Gasteiger charge is -2.63. The van der Waals surface area contributed by atoms with Gasteiger partial charge >= 0.3 is 6.09 Å². The maximum atomic E-state index is 14.3. The standard InChI is InChI=1S/C61H85ClN6O13/c1-39(67(12)57(73)81-59(5,6)7)51(69)65-50(58(2,3)4)54(72)68-25-15-18-47(68)53(71)64-49-45-17-14-13-16-41(45)36-48(49)79-35-33-77-31-29-75-27-26-74-28-30-76-32-34-78-43-22-19-40(20-23-43)52(70)66-55-60(8,9)56(61(55,10)11)80-44-24-21-42(38-63)46(62)37-44/h13-14,16-17,19-24,37,39,47-50,55-56H,15,18,25-36H2,1-12H3,(H,64,71)(H,65,69)(H,66,70)/t39-,47?,48+,49-,50?,55-,56-/m0/s1. The molecule has 2 aliphatic carbocycles. The highest BCUT2D eigenvalue weighted by molar-refractivity contribution is 6.31. The summed E-state index contributed by atoms with van der Waals surface area (Å²) in [6, 6.07) is 18.7. The van der Waals surface area contributed by atoms with E-state index in [2.05, 4.69) is 49.7 Å². The number of likely N-dealkylation sites (N-methyl/N-ethyl adjacent to an activating group) is 1. The molecule has 0 bridgehead atoms. The third kappa shape index (κ3) is 17.0. The Hall–Kier alpha value is -6.01. The van der Waals surface area contributed by atoms with Gasteiger partial charge in [0.15, 0.2) is 0 Å². The quantitative estimate of drug-likeness (QED) is 0.0619. The van der Waals surface area contributed by atoms with Gasteiger partial charge in [0, 0.05) is 48.5 Å². The molecule has 1 saturated heterocycles. The Morgan fingerprint density at radius 1 is 0.790 bits per heavy atom. The van der Waals surface area contributed by atoms with E-state index in [0.29, 0.717) is 120 Å². The number of amides is 5. The van der Waals surface area contributed by atoms with Crippen molar-refractivity contribution in [2.45, 2.75) is 143 Å². The highest BCUT2D eigenvalue weighted by atomic mass is 35.5. The smallest absolute Gasteiger partial charge is 0.410 e. The van der Waals surface area contributed by atoms with Crippen LogP contribution in [0.2, 0.25) is 5.02 Å². The van der Waals surface area contributed by atoms with Crippen LogP contribution in [0.3, 0.4) is 0 Å². The Kier molecular flexibility index (Phi) is 22.4. The zero-order valence-electron chi connectivity index (χ0n) is 49.3. The highest BCUT2D eigenvalue weighted by Crippen LogP contribution is 2.55. The Labute approximate surface area is 483 Å². The minimum Gasteiger partial charge on any atom is -0.491 e. The number of likely N-dealkylation sites (tertiary alicyclic amines) is 1. The van der Waals surface area contributed by atoms with E-state index in [0.717, 1.165) is 11.1 Å². The average Bonchev–Trinajstić information content (AvgIpc) is 4.15. The average molecular weight is 1150 g/mol. The van der Waals surface area contributed by atoms with Crippen molar-refractivity contribution in [2.75, 3.05) is 79.7 Å². The molecule has 6 rings (SSSR count). The number of carbonyl (C=O) groups is 5. The molecule has 5 amide bonds. The molecule has 2 fully saturated rings. The second-order valence-corrected chi connectivity index (χ2v) is 24.6. The minimum absolute atomic E-state index is 0.166. The molecule has 3 aromatic carbocycles. The molecule has 1 heterocycles. The Morgan fingerprint density at radius 3 is 1.95 bits per heavy atom. The molecule has 0 aromatic heterocycles. The van der Waals surface area contributed by atoms with Crippen LogP contribution in [0.1, 0.15) is 122 Å². The predicted octanol–water partition coefficient (Wildman–Crippen LogP) is 7.84. The molecule has 1 aliphatic heterocycles. The lowest BCUT2D eigenvalue weighted by molar-refractivity contribution is -0.164. The van der Waals surface area contributed by atoms with Crippen molar-refractivity contribution in [3.8, 4) is 17.6 Å². The number of nitriles is 1. The lowest BCUT2D eigenvalue weighted by Crippen LogP contribution is -2.74. The van der Waals surface area contributed by atoms with Gasteiger partial charge in [-0.25, -0.2) is 4.79 Å². The molecule has 5 atom stereocenters. The fraction of sp³-hybridized carbons (Fsp3) is 0.607. The zero-order valence-corrected chi connectivity index (χ0v) is 50.1. The van der Waals surface area contributed by atoms with E-state index in [4.69, 9.17) is 49.5 Å². The van der Waals surface area contributed by atoms with E-state index in [1.165, 1.54) is 11.9 Å². The van der Waals surface area contributed by atoms with Gasteiger partial charge in [0.25, 0.3) is 5.91 Å². The number of benzene rings is 3. The van der Waals surface area contributed by atoms with Crippen molar-refractivity contribution in [2.24, 2.45) is 16.2 Å². The fourth-order valence-electron chi connectivity index (χ4n) is 10.9. The molecule has 19 nitrogen and oxygen atoms in total. The number of halogens is 1. The van der Waals surface area contributed by atoms with Gasteiger partial charge in [-0.05, 0) is 93.5 Å². The minimum atomic E-state index is -0.967. The number of hydrogen-bond donors (Lipinski definition) is 3. The van der Waals surface area contributed by atoms with Crippen LogP contribution in [-0.2, 0) is 49.2 Å². The molecule has 3 N–H and O–H groups in total. The van der Waals surface area contributed by atoms with Crippen LogP contribution in [0.5, 0.6) is 11.5 Å². The van der Waals surface area contributed by atoms with Gasteiger partial charge in [-0.1, -0.05) is 84.3 Å². The van der Waals surface area contributed by atoms with Crippen LogP contribution in [0.25, 0.3) is 0 Å². The summed E-state index contributed by atoms with van der Waals surface area (Å²) in [7, 11) is 1.48. The zero-order chi connectivity index (χ0) is 59.3. The van der Waals surface area contributed by atoms with E-state index >= 15 is 0 Å². The number of hydrogen-bond acceptors (Lipinski definition) is 14. The van der Waals surface area contributed by atoms with Crippen LogP contribution in [-0.4, -0.2) is 161 Å². The fourth-order valence-corrected chi connectivity index (χ4v) is 11.1. The summed E-state index contributed by atoms with van der Waals surface area (Å²) in [5, 5.41) is 18.9. The third-order valence-electron chi connectivity index (χ3n) is 15.1. The molecule has 444 valence electrons. The first-order valence-corrected chi connectivity index (χ1v) is 28.4. The Morgan fingerprint density at radius 2 is 1.37 bits per heavy atom. The van der Waals surface area contributed by atoms with Crippen LogP contribution in [0, 0.1) is 27.6 Å². The summed E-state index contributed by atoms with van der Waals surface area (Å²) in [5.41, 5.74) is 0.703. The number of fused-ring (bicyclic) bond motifs is 1. The maximum absolute atomic E-state index is 14.3. The Bertz CT molecular complexity index is 2650. The normalized spacial score (nSPS) is 20.6. The number of nitrogens with zero attached hydrogens (tertiary/aromatic N) is 3. The molecule has 81 heavy (non-hydrogen) atoms. The number of rotatable bonds is 27. The van der Waals surface area contributed by atoms with Crippen molar-refractivity contribution in [3.05, 3.63) is 94.0 Å². The van der Waals surface area contributed by atoms with Gasteiger partial charge in [-0.2, -0.15) is 5.26 Å². The van der Waals surface area contributed by atoms with Crippen LogP contribution < -0.4 is 25.4 Å². The van der Waals surface area contributed by atoms with Crippen molar-refractivity contribution < 1.29 is 61.9 Å². The molecule has 2 unspecified atom stereocenters. The molecule has 20 heteroatoms. The molecule has 1 saturated carbocycles. The van der Waals surface area contributed by atoms with E-state index in [9.17, 15) is 29.2 Å². The predicted molar refractivity (Wildman–Crippen MR) is 305 cm³/mol. The topological polar surface area (TPSA) is 226 Å². The lowest BCUT2D eigenvalue weighted by atomic mass is 9.49.